The van der Waals surface area contributed by atoms with Gasteiger partial charge in [-0.3, -0.25) is 0 Å². The Morgan fingerprint density at radius 2 is 1.12 bits per heavy atom. The van der Waals surface area contributed by atoms with Crippen molar-refractivity contribution < 1.29 is 39.5 Å². The Morgan fingerprint density at radius 1 is 0.750 bits per heavy atom. The van der Waals surface area contributed by atoms with Crippen LogP contribution in [0, 0.1) is 0 Å². The van der Waals surface area contributed by atoms with E-state index in [0.717, 1.165) is 0 Å². The van der Waals surface area contributed by atoms with Crippen LogP contribution in [0.3, 0.4) is 0 Å². The van der Waals surface area contributed by atoms with Crippen LogP contribution in [0.5, 0.6) is 0 Å². The zero-order chi connectivity index (χ0) is 12.9. The van der Waals surface area contributed by atoms with Crippen molar-refractivity contribution in [2.24, 2.45) is 4.99 Å². The van der Waals surface area contributed by atoms with Crippen LogP contribution in [-0.2, 0) is 0 Å². The molecule has 0 spiro atoms. The minimum Gasteiger partial charge on any atom is -0.218 e. The summed E-state index contributed by atoms with van der Waals surface area (Å²) in [7, 11) is 0. The second kappa shape index (κ2) is 3.14. The second-order valence-corrected chi connectivity index (χ2v) is 2.72. The van der Waals surface area contributed by atoms with E-state index in [1.54, 1.807) is 0 Å². The maximum absolute atomic E-state index is 12.9. The van der Waals surface area contributed by atoms with Gasteiger partial charge in [-0.2, -0.15) is 40.1 Å². The minimum atomic E-state index is -6.54. The molecule has 0 radical (unpaired) electrons. The largest absolute Gasteiger partial charge is 0.436 e. The van der Waals surface area contributed by atoms with Crippen LogP contribution in [0.25, 0.3) is 0 Å². The first-order valence-electron chi connectivity index (χ1n) is 3.40. The number of halogens is 9. The van der Waals surface area contributed by atoms with Crippen molar-refractivity contribution in [1.29, 1.82) is 0 Å². The molecule has 0 saturated carbocycles. The van der Waals surface area contributed by atoms with Crippen molar-refractivity contribution in [3.05, 3.63) is 11.5 Å². The molecule has 0 N–H and O–H groups in total. The lowest BCUT2D eigenvalue weighted by atomic mass is 9.92. The predicted molar refractivity (Wildman–Crippen MR) is 32.6 cm³/mol. The van der Waals surface area contributed by atoms with E-state index in [0.29, 0.717) is 0 Å². The Bertz CT molecular complexity index is 356. The zero-order valence-corrected chi connectivity index (χ0v) is 6.85. The van der Waals surface area contributed by atoms with Crippen molar-refractivity contribution in [1.82, 2.24) is 0 Å². The van der Waals surface area contributed by atoms with Crippen LogP contribution < -0.4 is 0 Å². The quantitative estimate of drug-likeness (QED) is 0.504. The molecular weight excluding hydrogens is 257 g/mol. The lowest BCUT2D eigenvalue weighted by Gasteiger charge is -2.32. The molecule has 0 aliphatic carbocycles. The summed E-state index contributed by atoms with van der Waals surface area (Å²) in [6.07, 6.45) is -13.1. The average Bonchev–Trinajstić information content (AvgIpc) is 1.99. The second-order valence-electron chi connectivity index (χ2n) is 2.72. The maximum atomic E-state index is 12.9. The molecule has 0 saturated heterocycles. The summed E-state index contributed by atoms with van der Waals surface area (Å²) in [4.78, 5) is 1.92. The highest BCUT2D eigenvalue weighted by atomic mass is 19.4. The van der Waals surface area contributed by atoms with E-state index >= 15 is 0 Å². The van der Waals surface area contributed by atoms with Crippen molar-refractivity contribution in [2.45, 2.75) is 18.0 Å². The highest BCUT2D eigenvalue weighted by Crippen LogP contribution is 2.53. The van der Waals surface area contributed by atoms with Crippen molar-refractivity contribution in [2.75, 3.05) is 0 Å². The number of alkyl halides is 7. The summed E-state index contributed by atoms with van der Waals surface area (Å²) in [6, 6.07) is 0. The highest BCUT2D eigenvalue weighted by molar-refractivity contribution is 6.01. The molecule has 1 rings (SSSR count). The summed E-state index contributed by atoms with van der Waals surface area (Å²) < 4.78 is 109. The van der Waals surface area contributed by atoms with Crippen molar-refractivity contribution in [3.63, 3.8) is 0 Å². The summed E-state index contributed by atoms with van der Waals surface area (Å²) in [5.74, 6) is -4.93. The summed E-state index contributed by atoms with van der Waals surface area (Å²) in [5, 5.41) is 0. The van der Waals surface area contributed by atoms with Gasteiger partial charge in [-0.1, -0.05) is 0 Å². The van der Waals surface area contributed by atoms with Crippen LogP contribution in [0.15, 0.2) is 16.5 Å². The monoisotopic (exact) mass is 257 g/mol. The van der Waals surface area contributed by atoms with Gasteiger partial charge < -0.3 is 0 Å². The molecule has 0 fully saturated rings. The molecule has 1 aliphatic heterocycles. The van der Waals surface area contributed by atoms with Crippen LogP contribution in [-0.4, -0.2) is 24.0 Å². The van der Waals surface area contributed by atoms with Gasteiger partial charge in [0.05, 0.1) is 0 Å². The average molecular weight is 257 g/mol. The summed E-state index contributed by atoms with van der Waals surface area (Å²) in [6.45, 7) is 0. The molecule has 0 bridgehead atoms. The molecule has 1 aliphatic rings. The third-order valence-corrected chi connectivity index (χ3v) is 1.73. The Hall–Kier alpha value is -1.22. The molecule has 1 heterocycles. The number of hydrogen-bond acceptors (Lipinski definition) is 1. The third kappa shape index (κ3) is 1.47. The van der Waals surface area contributed by atoms with Gasteiger partial charge in [0.15, 0.2) is 0 Å². The first kappa shape index (κ1) is 12.8. The molecule has 16 heavy (non-hydrogen) atoms. The fourth-order valence-corrected chi connectivity index (χ4v) is 0.959. The number of aliphatic imine (C=N–C) groups is 1. The fraction of sp³-hybridized carbons (Fsp3) is 0.500. The van der Waals surface area contributed by atoms with Gasteiger partial charge in [-0.15, -0.1) is 0 Å². The van der Waals surface area contributed by atoms with Crippen molar-refractivity contribution in [3.8, 4) is 0 Å². The lowest BCUT2D eigenvalue weighted by molar-refractivity contribution is -0.325. The maximum Gasteiger partial charge on any atom is 0.436 e. The van der Waals surface area contributed by atoms with E-state index in [1.807, 2.05) is 4.99 Å². The molecule has 0 aromatic carbocycles. The normalized spacial score (nSPS) is 18.4. The Morgan fingerprint density at radius 3 is 1.25 bits per heavy atom. The Kier molecular flexibility index (Phi) is 2.52. The third-order valence-electron chi connectivity index (χ3n) is 1.73. The van der Waals surface area contributed by atoms with Crippen LogP contribution in [0.2, 0.25) is 0 Å². The SMILES string of the molecule is FC1=NC(F)=C1C(F)(C(F)(F)F)C(F)(F)F. The topological polar surface area (TPSA) is 12.4 Å². The van der Waals surface area contributed by atoms with Gasteiger partial charge in [0.2, 0.25) is 11.9 Å². The van der Waals surface area contributed by atoms with Crippen LogP contribution >= 0.6 is 0 Å². The lowest BCUT2D eigenvalue weighted by Crippen LogP contribution is -2.57. The van der Waals surface area contributed by atoms with Gasteiger partial charge >= 0.3 is 18.0 Å². The number of hydrogen-bond donors (Lipinski definition) is 0. The molecule has 0 unspecified atom stereocenters. The molecule has 0 aromatic heterocycles. The van der Waals surface area contributed by atoms with E-state index in [9.17, 15) is 39.5 Å². The van der Waals surface area contributed by atoms with Gasteiger partial charge in [0.25, 0.3) is 0 Å². The summed E-state index contributed by atoms with van der Waals surface area (Å²) >= 11 is 0. The van der Waals surface area contributed by atoms with Gasteiger partial charge in [-0.25, -0.2) is 4.39 Å². The standard InChI is InChI=1S/C6F9N/c7-2-1(3(8)16-2)4(9,5(10,11)12)6(13,14)15. The van der Waals surface area contributed by atoms with E-state index in [-0.39, 0.29) is 0 Å². The smallest absolute Gasteiger partial charge is 0.218 e. The first-order chi connectivity index (χ1) is 6.93. The van der Waals surface area contributed by atoms with E-state index < -0.39 is 35.5 Å². The minimum absolute atomic E-state index is 1.92. The molecule has 92 valence electrons. The summed E-state index contributed by atoms with van der Waals surface area (Å²) in [5.41, 5.74) is -8.86. The molecule has 0 aromatic rings. The van der Waals surface area contributed by atoms with Gasteiger partial charge in [0.1, 0.15) is 5.57 Å². The van der Waals surface area contributed by atoms with Gasteiger partial charge in [-0.05, 0) is 0 Å². The number of rotatable bonds is 1. The van der Waals surface area contributed by atoms with Crippen LogP contribution in [0.1, 0.15) is 0 Å². The molecule has 1 nitrogen and oxygen atoms in total. The van der Waals surface area contributed by atoms with Crippen molar-refractivity contribution >= 4 is 5.97 Å². The molecular formula is C6F9N. The van der Waals surface area contributed by atoms with E-state index in [4.69, 9.17) is 0 Å². The Labute approximate surface area is 81.3 Å². The fourth-order valence-electron chi connectivity index (χ4n) is 0.959. The first-order valence-corrected chi connectivity index (χ1v) is 3.40. The Balaban J connectivity index is 3.35. The number of allylic oxidation sites excluding steroid dienone is 1. The molecule has 0 atom stereocenters. The number of nitrogens with zero attached hydrogens (tertiary/aromatic N) is 1. The molecule has 0 amide bonds. The van der Waals surface area contributed by atoms with Crippen LogP contribution in [0.4, 0.5) is 39.5 Å². The van der Waals surface area contributed by atoms with Gasteiger partial charge in [0, 0.05) is 0 Å². The molecule has 10 heteroatoms. The van der Waals surface area contributed by atoms with E-state index in [2.05, 4.69) is 0 Å². The zero-order valence-electron chi connectivity index (χ0n) is 6.85. The highest BCUT2D eigenvalue weighted by Gasteiger charge is 2.77. The predicted octanol–water partition coefficient (Wildman–Crippen LogP) is 3.38. The van der Waals surface area contributed by atoms with E-state index in [1.165, 1.54) is 0 Å².